The van der Waals surface area contributed by atoms with Gasteiger partial charge in [-0.1, -0.05) is 6.07 Å². The normalized spacial score (nSPS) is 22.9. The predicted octanol–water partition coefficient (Wildman–Crippen LogP) is 2.37. The molecule has 2 N–H and O–H groups in total. The van der Waals surface area contributed by atoms with E-state index in [2.05, 4.69) is 25.7 Å². The van der Waals surface area contributed by atoms with E-state index in [9.17, 15) is 4.39 Å². The molecule has 5 heteroatoms. The van der Waals surface area contributed by atoms with Crippen LogP contribution in [0.25, 0.3) is 0 Å². The van der Waals surface area contributed by atoms with Crippen LogP contribution >= 0.6 is 15.9 Å². The lowest BCUT2D eigenvalue weighted by atomic mass is 10.0. The molecule has 0 radical (unpaired) electrons. The first-order valence-electron chi connectivity index (χ1n) is 7.32. The average Bonchev–Trinajstić information content (AvgIpc) is 3.29. The zero-order chi connectivity index (χ0) is 14.1. The minimum atomic E-state index is -0.219. The Morgan fingerprint density at radius 2 is 1.95 bits per heavy atom. The smallest absolute Gasteiger partial charge is 0.137 e. The highest BCUT2D eigenvalue weighted by Gasteiger charge is 2.32. The first kappa shape index (κ1) is 14.4. The zero-order valence-corrected chi connectivity index (χ0v) is 13.2. The molecule has 3 nitrogen and oxygen atoms in total. The van der Waals surface area contributed by atoms with Gasteiger partial charge in [0, 0.05) is 44.8 Å². The van der Waals surface area contributed by atoms with Crippen molar-refractivity contribution in [2.24, 2.45) is 5.73 Å². The second-order valence-corrected chi connectivity index (χ2v) is 6.58. The van der Waals surface area contributed by atoms with Crippen molar-refractivity contribution >= 4 is 15.9 Å². The molecule has 3 rings (SSSR count). The number of halogens is 2. The van der Waals surface area contributed by atoms with E-state index < -0.39 is 0 Å². The second-order valence-electron chi connectivity index (χ2n) is 5.73. The molecule has 1 aromatic rings. The van der Waals surface area contributed by atoms with Gasteiger partial charge in [0.2, 0.25) is 0 Å². The van der Waals surface area contributed by atoms with Gasteiger partial charge in [0.15, 0.2) is 0 Å². The number of hydrogen-bond donors (Lipinski definition) is 1. The van der Waals surface area contributed by atoms with Crippen LogP contribution in [0.2, 0.25) is 0 Å². The first-order chi connectivity index (χ1) is 9.69. The topological polar surface area (TPSA) is 32.5 Å². The van der Waals surface area contributed by atoms with Gasteiger partial charge in [0.1, 0.15) is 5.82 Å². The summed E-state index contributed by atoms with van der Waals surface area (Å²) in [4.78, 5) is 5.02. The van der Waals surface area contributed by atoms with E-state index in [1.165, 1.54) is 18.9 Å². The van der Waals surface area contributed by atoms with E-state index in [1.54, 1.807) is 0 Å². The lowest BCUT2D eigenvalue weighted by Crippen LogP contribution is -2.49. The van der Waals surface area contributed by atoms with Crippen LogP contribution in [0.15, 0.2) is 22.7 Å². The lowest BCUT2D eigenvalue weighted by molar-refractivity contribution is 0.0938. The Kier molecular flexibility index (Phi) is 4.40. The highest BCUT2D eigenvalue weighted by Crippen LogP contribution is 2.30. The molecule has 0 spiro atoms. The fraction of sp³-hybridized carbons (Fsp3) is 0.600. The quantitative estimate of drug-likeness (QED) is 0.912. The van der Waals surface area contributed by atoms with Crippen LogP contribution in [0.5, 0.6) is 0 Å². The summed E-state index contributed by atoms with van der Waals surface area (Å²) in [6, 6.07) is 6.26. The maximum absolute atomic E-state index is 13.4. The Labute approximate surface area is 128 Å². The minimum absolute atomic E-state index is 0.188. The monoisotopic (exact) mass is 341 g/mol. The summed E-state index contributed by atoms with van der Waals surface area (Å²) in [6.07, 6.45) is 2.73. The molecule has 1 aromatic carbocycles. The minimum Gasteiger partial charge on any atom is -0.329 e. The molecule has 1 aliphatic carbocycles. The van der Waals surface area contributed by atoms with Gasteiger partial charge in [0.25, 0.3) is 0 Å². The van der Waals surface area contributed by atoms with Crippen molar-refractivity contribution < 1.29 is 4.39 Å². The molecule has 1 saturated carbocycles. The molecule has 1 unspecified atom stereocenters. The summed E-state index contributed by atoms with van der Waals surface area (Å²) in [7, 11) is 0. The Hall–Kier alpha value is -0.490. The Morgan fingerprint density at radius 1 is 1.25 bits per heavy atom. The highest BCUT2D eigenvalue weighted by molar-refractivity contribution is 9.10. The summed E-state index contributed by atoms with van der Waals surface area (Å²) in [5.41, 5.74) is 7.06. The van der Waals surface area contributed by atoms with Gasteiger partial charge >= 0.3 is 0 Å². The van der Waals surface area contributed by atoms with Crippen molar-refractivity contribution in [1.29, 1.82) is 0 Å². The van der Waals surface area contributed by atoms with Crippen LogP contribution in [0.3, 0.4) is 0 Å². The third-order valence-corrected chi connectivity index (χ3v) is 5.01. The van der Waals surface area contributed by atoms with Gasteiger partial charge in [-0.2, -0.15) is 0 Å². The highest BCUT2D eigenvalue weighted by atomic mass is 79.9. The van der Waals surface area contributed by atoms with Gasteiger partial charge in [-0.3, -0.25) is 9.80 Å². The predicted molar refractivity (Wildman–Crippen MR) is 82.1 cm³/mol. The molecule has 0 amide bonds. The van der Waals surface area contributed by atoms with Crippen molar-refractivity contribution in [2.75, 3.05) is 32.7 Å². The molecule has 2 fully saturated rings. The SMILES string of the molecule is NCC(c1ccc(F)c(Br)c1)N1CCN(C2CC2)CC1. The van der Waals surface area contributed by atoms with E-state index in [-0.39, 0.29) is 11.9 Å². The summed E-state index contributed by atoms with van der Waals surface area (Å²) in [5.74, 6) is -0.219. The van der Waals surface area contributed by atoms with Gasteiger partial charge in [0.05, 0.1) is 4.47 Å². The van der Waals surface area contributed by atoms with Crippen LogP contribution in [-0.2, 0) is 0 Å². The number of benzene rings is 1. The van der Waals surface area contributed by atoms with Gasteiger partial charge in [-0.15, -0.1) is 0 Å². The number of nitrogens with two attached hydrogens (primary N) is 1. The summed E-state index contributed by atoms with van der Waals surface area (Å²) >= 11 is 3.26. The van der Waals surface area contributed by atoms with Crippen molar-refractivity contribution in [3.05, 3.63) is 34.1 Å². The number of nitrogens with zero attached hydrogens (tertiary/aromatic N) is 2. The Bertz CT molecular complexity index is 470. The number of piperazine rings is 1. The molecule has 20 heavy (non-hydrogen) atoms. The maximum Gasteiger partial charge on any atom is 0.137 e. The lowest BCUT2D eigenvalue weighted by Gasteiger charge is -2.39. The molecule has 1 heterocycles. The molecule has 1 aliphatic heterocycles. The van der Waals surface area contributed by atoms with Crippen LogP contribution in [0.4, 0.5) is 4.39 Å². The van der Waals surface area contributed by atoms with Crippen molar-refractivity contribution in [1.82, 2.24) is 9.80 Å². The van der Waals surface area contributed by atoms with Crippen LogP contribution in [0.1, 0.15) is 24.4 Å². The molecule has 2 aliphatic rings. The fourth-order valence-corrected chi connectivity index (χ4v) is 3.47. The number of rotatable bonds is 4. The van der Waals surface area contributed by atoms with E-state index in [0.29, 0.717) is 11.0 Å². The second kappa shape index (κ2) is 6.10. The number of hydrogen-bond acceptors (Lipinski definition) is 3. The van der Waals surface area contributed by atoms with Crippen LogP contribution in [-0.4, -0.2) is 48.6 Å². The Balaban J connectivity index is 1.68. The Morgan fingerprint density at radius 3 is 2.50 bits per heavy atom. The summed E-state index contributed by atoms with van der Waals surface area (Å²) in [6.45, 7) is 4.93. The molecular weight excluding hydrogens is 321 g/mol. The first-order valence-corrected chi connectivity index (χ1v) is 8.11. The molecule has 110 valence electrons. The van der Waals surface area contributed by atoms with Gasteiger partial charge in [-0.05, 0) is 46.5 Å². The standard InChI is InChI=1S/C15H21BrFN3/c16-13-9-11(1-4-14(13)17)15(10-18)20-7-5-19(6-8-20)12-2-3-12/h1,4,9,12,15H,2-3,5-8,10,18H2. The van der Waals surface area contributed by atoms with Crippen molar-refractivity contribution in [3.8, 4) is 0 Å². The molecule has 1 atom stereocenters. The average molecular weight is 342 g/mol. The van der Waals surface area contributed by atoms with Crippen molar-refractivity contribution in [2.45, 2.75) is 24.9 Å². The third kappa shape index (κ3) is 3.06. The van der Waals surface area contributed by atoms with E-state index in [0.717, 1.165) is 37.8 Å². The van der Waals surface area contributed by atoms with Gasteiger partial charge < -0.3 is 5.73 Å². The van der Waals surface area contributed by atoms with Crippen LogP contribution in [0, 0.1) is 5.82 Å². The van der Waals surface area contributed by atoms with E-state index in [4.69, 9.17) is 5.73 Å². The van der Waals surface area contributed by atoms with Crippen LogP contribution < -0.4 is 5.73 Å². The summed E-state index contributed by atoms with van der Waals surface area (Å²) in [5, 5.41) is 0. The molecule has 0 aromatic heterocycles. The summed E-state index contributed by atoms with van der Waals surface area (Å²) < 4.78 is 13.9. The van der Waals surface area contributed by atoms with E-state index >= 15 is 0 Å². The fourth-order valence-electron chi connectivity index (χ4n) is 3.07. The third-order valence-electron chi connectivity index (χ3n) is 4.40. The van der Waals surface area contributed by atoms with Gasteiger partial charge in [-0.25, -0.2) is 4.39 Å². The maximum atomic E-state index is 13.4. The largest absolute Gasteiger partial charge is 0.329 e. The van der Waals surface area contributed by atoms with Crippen molar-refractivity contribution in [3.63, 3.8) is 0 Å². The molecule has 1 saturated heterocycles. The molecule has 0 bridgehead atoms. The molecular formula is C15H21BrFN3. The zero-order valence-electron chi connectivity index (χ0n) is 11.6. The van der Waals surface area contributed by atoms with E-state index in [1.807, 2.05) is 12.1 Å².